The minimum absolute atomic E-state index is 0.409. The summed E-state index contributed by atoms with van der Waals surface area (Å²) in [5, 5.41) is 16.1. The zero-order chi connectivity index (χ0) is 15.8. The van der Waals surface area contributed by atoms with Gasteiger partial charge in [0.05, 0.1) is 11.0 Å². The molecule has 0 spiro atoms. The van der Waals surface area contributed by atoms with Gasteiger partial charge >= 0.3 is 5.97 Å². The summed E-state index contributed by atoms with van der Waals surface area (Å²) in [4.78, 5) is 22.9. The summed E-state index contributed by atoms with van der Waals surface area (Å²) in [7, 11) is 0. The van der Waals surface area contributed by atoms with Gasteiger partial charge in [-0.05, 0) is 25.0 Å². The number of aromatic nitrogens is 2. The fraction of sp³-hybridized carbons (Fsp3) is 0.438. The van der Waals surface area contributed by atoms with Crippen molar-refractivity contribution in [2.45, 2.75) is 24.9 Å². The number of fused-ring (bicyclic) bond motifs is 1. The fourth-order valence-electron chi connectivity index (χ4n) is 2.89. The molecule has 120 valence electrons. The number of benzene rings is 1. The molecule has 1 aromatic heterocycles. The third-order valence-corrected chi connectivity index (χ3v) is 4.27. The molecule has 0 unspecified atom stereocenters. The molecule has 1 saturated carbocycles. The Hall–Kier alpha value is -2.41. The lowest BCUT2D eigenvalue weighted by atomic mass is 10.2. The van der Waals surface area contributed by atoms with Gasteiger partial charge in [-0.3, -0.25) is 0 Å². The molecular formula is C16H19N5O2. The van der Waals surface area contributed by atoms with Crippen LogP contribution in [0, 0.1) is 0 Å². The minimum atomic E-state index is -0.843. The Morgan fingerprint density at radius 2 is 2.00 bits per heavy atom. The Balaban J connectivity index is 1.80. The Morgan fingerprint density at radius 3 is 2.70 bits per heavy atom. The first-order valence-electron chi connectivity index (χ1n) is 7.96. The highest BCUT2D eigenvalue weighted by Crippen LogP contribution is 2.31. The molecule has 1 atom stereocenters. The number of carboxylic acid groups (broad SMARTS) is 1. The maximum Gasteiger partial charge on any atom is 0.327 e. The molecule has 0 radical (unpaired) electrons. The zero-order valence-electron chi connectivity index (χ0n) is 12.7. The molecule has 3 N–H and O–H groups in total. The zero-order valence-corrected chi connectivity index (χ0v) is 12.7. The van der Waals surface area contributed by atoms with E-state index >= 15 is 0 Å². The van der Waals surface area contributed by atoms with Gasteiger partial charge in [-0.1, -0.05) is 12.1 Å². The van der Waals surface area contributed by atoms with Crippen LogP contribution in [0.5, 0.6) is 0 Å². The summed E-state index contributed by atoms with van der Waals surface area (Å²) >= 11 is 0. The maximum atomic E-state index is 11.6. The molecule has 2 aliphatic rings. The number of nitrogens with one attached hydrogen (secondary N) is 2. The molecule has 7 nitrogen and oxygen atoms in total. The molecule has 0 bridgehead atoms. The quantitative estimate of drug-likeness (QED) is 0.777. The highest BCUT2D eigenvalue weighted by molar-refractivity contribution is 5.84. The van der Waals surface area contributed by atoms with Crippen LogP contribution in [0.3, 0.4) is 0 Å². The Labute approximate surface area is 133 Å². The minimum Gasteiger partial charge on any atom is -0.480 e. The van der Waals surface area contributed by atoms with Gasteiger partial charge in [-0.25, -0.2) is 14.8 Å². The van der Waals surface area contributed by atoms with Crippen LogP contribution in [-0.4, -0.2) is 52.8 Å². The van der Waals surface area contributed by atoms with E-state index in [0.717, 1.165) is 30.4 Å². The van der Waals surface area contributed by atoms with Crippen LogP contribution in [0.2, 0.25) is 0 Å². The van der Waals surface area contributed by atoms with E-state index in [1.54, 1.807) is 0 Å². The lowest BCUT2D eigenvalue weighted by Gasteiger charge is -2.35. The molecular weight excluding hydrogens is 294 g/mol. The van der Waals surface area contributed by atoms with Crippen molar-refractivity contribution < 1.29 is 9.90 Å². The van der Waals surface area contributed by atoms with Crippen LogP contribution in [0.25, 0.3) is 11.0 Å². The van der Waals surface area contributed by atoms with E-state index in [1.165, 1.54) is 0 Å². The Morgan fingerprint density at radius 1 is 1.26 bits per heavy atom. The van der Waals surface area contributed by atoms with Crippen molar-refractivity contribution in [3.63, 3.8) is 0 Å². The Bertz CT molecular complexity index is 746. The second kappa shape index (κ2) is 5.66. The van der Waals surface area contributed by atoms with Crippen LogP contribution < -0.4 is 15.5 Å². The standard InChI is InChI=1S/C16H19N5O2/c22-16(23)13-9-17-7-8-21(13)15-14(18-10-5-6-10)19-11-3-1-2-4-12(11)20-15/h1-4,10,13,17H,5-9H2,(H,18,19)(H,22,23)/t13-/m1/s1. The van der Waals surface area contributed by atoms with Crippen molar-refractivity contribution in [3.8, 4) is 0 Å². The molecule has 2 heterocycles. The van der Waals surface area contributed by atoms with Gasteiger partial charge in [-0.15, -0.1) is 0 Å². The first-order chi connectivity index (χ1) is 11.2. The third-order valence-electron chi connectivity index (χ3n) is 4.27. The summed E-state index contributed by atoms with van der Waals surface area (Å²) < 4.78 is 0. The second-order valence-corrected chi connectivity index (χ2v) is 6.05. The summed E-state index contributed by atoms with van der Waals surface area (Å²) in [6.45, 7) is 1.75. The average Bonchev–Trinajstić information content (AvgIpc) is 3.38. The van der Waals surface area contributed by atoms with Crippen LogP contribution >= 0.6 is 0 Å². The number of anilines is 2. The monoisotopic (exact) mass is 313 g/mol. The lowest BCUT2D eigenvalue weighted by Crippen LogP contribution is -2.55. The molecule has 0 amide bonds. The van der Waals surface area contributed by atoms with E-state index in [-0.39, 0.29) is 0 Å². The van der Waals surface area contributed by atoms with Crippen molar-refractivity contribution in [2.75, 3.05) is 29.9 Å². The highest BCUT2D eigenvalue weighted by atomic mass is 16.4. The molecule has 2 aromatic rings. The summed E-state index contributed by atoms with van der Waals surface area (Å²) in [6.07, 6.45) is 2.25. The largest absolute Gasteiger partial charge is 0.480 e. The number of nitrogens with zero attached hydrogens (tertiary/aromatic N) is 3. The Kier molecular flexibility index (Phi) is 3.49. The smallest absolute Gasteiger partial charge is 0.327 e. The maximum absolute atomic E-state index is 11.6. The van der Waals surface area contributed by atoms with Gasteiger partial charge in [0.1, 0.15) is 6.04 Å². The van der Waals surface area contributed by atoms with E-state index in [4.69, 9.17) is 9.97 Å². The highest BCUT2D eigenvalue weighted by Gasteiger charge is 2.33. The van der Waals surface area contributed by atoms with Crippen LogP contribution in [-0.2, 0) is 4.79 Å². The van der Waals surface area contributed by atoms with Crippen molar-refractivity contribution in [3.05, 3.63) is 24.3 Å². The van der Waals surface area contributed by atoms with Crippen LogP contribution in [0.1, 0.15) is 12.8 Å². The molecule has 1 aliphatic carbocycles. The molecule has 1 aliphatic heterocycles. The van der Waals surface area contributed by atoms with Crippen molar-refractivity contribution in [1.29, 1.82) is 0 Å². The second-order valence-electron chi connectivity index (χ2n) is 6.05. The number of aliphatic carboxylic acids is 1. The van der Waals surface area contributed by atoms with E-state index < -0.39 is 12.0 Å². The van der Waals surface area contributed by atoms with Gasteiger partial charge in [0.15, 0.2) is 11.6 Å². The summed E-state index contributed by atoms with van der Waals surface area (Å²) in [5.74, 6) is 0.494. The normalized spacial score (nSPS) is 21.4. The fourth-order valence-corrected chi connectivity index (χ4v) is 2.89. The van der Waals surface area contributed by atoms with E-state index in [0.29, 0.717) is 30.8 Å². The number of hydrogen-bond donors (Lipinski definition) is 3. The van der Waals surface area contributed by atoms with E-state index in [2.05, 4.69) is 10.6 Å². The van der Waals surface area contributed by atoms with Crippen LogP contribution in [0.15, 0.2) is 24.3 Å². The number of carbonyl (C=O) groups is 1. The van der Waals surface area contributed by atoms with Crippen molar-refractivity contribution in [1.82, 2.24) is 15.3 Å². The third kappa shape index (κ3) is 2.79. The van der Waals surface area contributed by atoms with E-state index in [1.807, 2.05) is 29.2 Å². The lowest BCUT2D eigenvalue weighted by molar-refractivity contribution is -0.138. The van der Waals surface area contributed by atoms with Gasteiger partial charge in [0, 0.05) is 25.7 Å². The predicted molar refractivity (Wildman–Crippen MR) is 87.8 cm³/mol. The topological polar surface area (TPSA) is 90.4 Å². The first-order valence-corrected chi connectivity index (χ1v) is 7.96. The molecule has 1 aromatic carbocycles. The van der Waals surface area contributed by atoms with Gasteiger partial charge < -0.3 is 20.6 Å². The first kappa shape index (κ1) is 14.2. The number of piperazine rings is 1. The van der Waals surface area contributed by atoms with Gasteiger partial charge in [0.25, 0.3) is 0 Å². The average molecular weight is 313 g/mol. The van der Waals surface area contributed by atoms with Crippen molar-refractivity contribution in [2.24, 2.45) is 0 Å². The SMILES string of the molecule is O=C(O)[C@H]1CNCCN1c1nc2ccccc2nc1NC1CC1. The number of carboxylic acids is 1. The molecule has 23 heavy (non-hydrogen) atoms. The summed E-state index contributed by atoms with van der Waals surface area (Å²) in [6, 6.07) is 7.49. The number of rotatable bonds is 4. The summed E-state index contributed by atoms with van der Waals surface area (Å²) in [5.41, 5.74) is 1.60. The predicted octanol–water partition coefficient (Wildman–Crippen LogP) is 1.07. The number of para-hydroxylation sites is 2. The van der Waals surface area contributed by atoms with Crippen LogP contribution in [0.4, 0.5) is 11.6 Å². The van der Waals surface area contributed by atoms with E-state index in [9.17, 15) is 9.90 Å². The number of hydrogen-bond acceptors (Lipinski definition) is 6. The van der Waals surface area contributed by atoms with Crippen molar-refractivity contribution >= 4 is 28.6 Å². The molecule has 1 saturated heterocycles. The van der Waals surface area contributed by atoms with Gasteiger partial charge in [0.2, 0.25) is 0 Å². The molecule has 4 rings (SSSR count). The molecule has 7 heteroatoms. The molecule has 2 fully saturated rings. The van der Waals surface area contributed by atoms with Gasteiger partial charge in [-0.2, -0.15) is 0 Å².